The first-order chi connectivity index (χ1) is 9.19. The summed E-state index contributed by atoms with van der Waals surface area (Å²) in [5, 5.41) is 21.8. The van der Waals surface area contributed by atoms with Crippen LogP contribution in [0.5, 0.6) is 0 Å². The summed E-state index contributed by atoms with van der Waals surface area (Å²) in [6.07, 6.45) is 3.72. The van der Waals surface area contributed by atoms with Gasteiger partial charge in [0.15, 0.2) is 0 Å². The predicted octanol–water partition coefficient (Wildman–Crippen LogP) is -0.677. The number of aromatic nitrogens is 2. The molecule has 0 aliphatic carbocycles. The summed E-state index contributed by atoms with van der Waals surface area (Å²) < 4.78 is 6.82. The summed E-state index contributed by atoms with van der Waals surface area (Å²) in [4.78, 5) is 15.9. The van der Waals surface area contributed by atoms with Crippen LogP contribution in [0.1, 0.15) is 18.2 Å². The summed E-state index contributed by atoms with van der Waals surface area (Å²) in [5.41, 5.74) is 0.369. The summed E-state index contributed by atoms with van der Waals surface area (Å²) in [6, 6.07) is 0. The van der Waals surface area contributed by atoms with E-state index in [1.807, 2.05) is 12.2 Å². The number of fused-ring (bicyclic) bond motifs is 1. The molecule has 1 saturated heterocycles. The Balaban J connectivity index is 1.94. The van der Waals surface area contributed by atoms with E-state index >= 15 is 0 Å². The zero-order valence-corrected chi connectivity index (χ0v) is 10.2. The molecule has 3 heterocycles. The number of rotatable bonds is 2. The third-order valence-corrected chi connectivity index (χ3v) is 3.36. The maximum absolute atomic E-state index is 11.9. The fraction of sp³-hybridized carbons (Fsp3) is 0.500. The Kier molecular flexibility index (Phi) is 3.09. The number of hydrogen-bond acceptors (Lipinski definition) is 6. The van der Waals surface area contributed by atoms with Gasteiger partial charge >= 0.3 is 5.69 Å². The Morgan fingerprint density at radius 3 is 3.16 bits per heavy atom. The number of aliphatic hydroxyl groups is 2. The van der Waals surface area contributed by atoms with Crippen molar-refractivity contribution in [3.63, 3.8) is 0 Å². The molecule has 0 saturated carbocycles. The molecular weight excluding hydrogens is 250 g/mol. The summed E-state index contributed by atoms with van der Waals surface area (Å²) in [7, 11) is 0. The van der Waals surface area contributed by atoms with Crippen molar-refractivity contribution in [2.75, 3.05) is 18.5 Å². The second-order valence-corrected chi connectivity index (χ2v) is 4.63. The number of hydrogen-bond donors (Lipinski definition) is 3. The molecule has 0 bridgehead atoms. The van der Waals surface area contributed by atoms with Gasteiger partial charge < -0.3 is 20.3 Å². The van der Waals surface area contributed by atoms with Crippen molar-refractivity contribution in [3.05, 3.63) is 28.3 Å². The molecule has 102 valence electrons. The van der Waals surface area contributed by atoms with E-state index in [1.165, 1.54) is 4.57 Å². The van der Waals surface area contributed by atoms with Crippen LogP contribution in [0.2, 0.25) is 0 Å². The largest absolute Gasteiger partial charge is 0.394 e. The number of anilines is 1. The van der Waals surface area contributed by atoms with Crippen LogP contribution in [0.15, 0.2) is 17.1 Å². The molecule has 3 unspecified atom stereocenters. The highest BCUT2D eigenvalue weighted by molar-refractivity contribution is 5.65. The standard InChI is InChI=1S/C12H15N3O4/c16-6-9-8(17)4-10(19-9)15-5-7-2-1-3-13-11(7)14-12(15)18/h1-2,5,8-10,16-17H,3-4,6H2,(H,13,14,18). The number of nitrogens with zero attached hydrogens (tertiary/aromatic N) is 2. The van der Waals surface area contributed by atoms with Crippen molar-refractivity contribution < 1.29 is 14.9 Å². The van der Waals surface area contributed by atoms with E-state index in [4.69, 9.17) is 9.84 Å². The molecule has 0 amide bonds. The van der Waals surface area contributed by atoms with Gasteiger partial charge in [0.1, 0.15) is 18.1 Å². The first kappa shape index (κ1) is 12.3. The monoisotopic (exact) mass is 265 g/mol. The number of nitrogens with one attached hydrogen (secondary N) is 1. The lowest BCUT2D eigenvalue weighted by atomic mass is 10.2. The van der Waals surface area contributed by atoms with E-state index in [9.17, 15) is 9.90 Å². The van der Waals surface area contributed by atoms with Gasteiger partial charge in [0, 0.05) is 24.7 Å². The van der Waals surface area contributed by atoms with E-state index in [-0.39, 0.29) is 13.0 Å². The molecule has 0 aromatic carbocycles. The van der Waals surface area contributed by atoms with E-state index in [0.29, 0.717) is 12.4 Å². The van der Waals surface area contributed by atoms with Crippen molar-refractivity contribution in [1.82, 2.24) is 9.55 Å². The van der Waals surface area contributed by atoms with Crippen LogP contribution in [0.25, 0.3) is 6.08 Å². The second-order valence-electron chi connectivity index (χ2n) is 4.63. The summed E-state index contributed by atoms with van der Waals surface area (Å²) >= 11 is 0. The van der Waals surface area contributed by atoms with Crippen molar-refractivity contribution in [3.8, 4) is 0 Å². The van der Waals surface area contributed by atoms with Crippen LogP contribution in [0, 0.1) is 0 Å². The van der Waals surface area contributed by atoms with E-state index < -0.39 is 24.1 Å². The van der Waals surface area contributed by atoms with Gasteiger partial charge in [-0.15, -0.1) is 0 Å². The summed E-state index contributed by atoms with van der Waals surface area (Å²) in [5.74, 6) is 0.556. The van der Waals surface area contributed by atoms with Crippen LogP contribution < -0.4 is 11.0 Å². The lowest BCUT2D eigenvalue weighted by molar-refractivity contribution is -0.0458. The Morgan fingerprint density at radius 2 is 2.42 bits per heavy atom. The van der Waals surface area contributed by atoms with Crippen molar-refractivity contribution in [2.24, 2.45) is 0 Å². The Labute approximate surface area is 109 Å². The SMILES string of the molecule is O=c1nc2c(cn1C1CC(O)C(CO)O1)C=CCN2. The molecule has 2 aliphatic heterocycles. The van der Waals surface area contributed by atoms with Gasteiger partial charge in [-0.1, -0.05) is 12.2 Å². The minimum Gasteiger partial charge on any atom is -0.394 e. The molecule has 1 aromatic rings. The van der Waals surface area contributed by atoms with Crippen molar-refractivity contribution in [1.29, 1.82) is 0 Å². The first-order valence-electron chi connectivity index (χ1n) is 6.17. The number of aliphatic hydroxyl groups excluding tert-OH is 2. The van der Waals surface area contributed by atoms with Gasteiger partial charge in [-0.3, -0.25) is 4.57 Å². The Hall–Kier alpha value is -1.70. The third kappa shape index (κ3) is 2.16. The quantitative estimate of drug-likeness (QED) is 0.656. The molecular formula is C12H15N3O4. The zero-order valence-electron chi connectivity index (χ0n) is 10.2. The highest BCUT2D eigenvalue weighted by Gasteiger charge is 2.35. The van der Waals surface area contributed by atoms with Crippen LogP contribution in [0.3, 0.4) is 0 Å². The zero-order chi connectivity index (χ0) is 13.4. The van der Waals surface area contributed by atoms with Crippen molar-refractivity contribution >= 4 is 11.9 Å². The van der Waals surface area contributed by atoms with Crippen LogP contribution in [-0.2, 0) is 4.74 Å². The third-order valence-electron chi connectivity index (χ3n) is 3.36. The fourth-order valence-corrected chi connectivity index (χ4v) is 2.35. The molecule has 3 N–H and O–H groups in total. The van der Waals surface area contributed by atoms with Gasteiger partial charge in [-0.05, 0) is 0 Å². The minimum absolute atomic E-state index is 0.267. The van der Waals surface area contributed by atoms with Gasteiger partial charge in [0.2, 0.25) is 0 Å². The number of ether oxygens (including phenoxy) is 1. The smallest absolute Gasteiger partial charge is 0.351 e. The normalized spacial score (nSPS) is 29.1. The predicted molar refractivity (Wildman–Crippen MR) is 67.6 cm³/mol. The molecule has 19 heavy (non-hydrogen) atoms. The van der Waals surface area contributed by atoms with E-state index in [0.717, 1.165) is 5.56 Å². The average molecular weight is 265 g/mol. The maximum Gasteiger partial charge on any atom is 0.351 e. The molecule has 1 aromatic heterocycles. The first-order valence-corrected chi connectivity index (χ1v) is 6.17. The second kappa shape index (κ2) is 4.76. The van der Waals surface area contributed by atoms with Crippen LogP contribution in [-0.4, -0.2) is 45.1 Å². The lowest BCUT2D eigenvalue weighted by Gasteiger charge is -2.17. The molecule has 1 fully saturated rings. The molecule has 2 aliphatic rings. The summed E-state index contributed by atoms with van der Waals surface area (Å²) in [6.45, 7) is 0.376. The van der Waals surface area contributed by atoms with Crippen LogP contribution >= 0.6 is 0 Å². The average Bonchev–Trinajstić information content (AvgIpc) is 2.79. The van der Waals surface area contributed by atoms with Crippen molar-refractivity contribution in [2.45, 2.75) is 24.9 Å². The van der Waals surface area contributed by atoms with E-state index in [1.54, 1.807) is 6.20 Å². The highest BCUT2D eigenvalue weighted by Crippen LogP contribution is 2.28. The van der Waals surface area contributed by atoms with E-state index in [2.05, 4.69) is 10.3 Å². The maximum atomic E-state index is 11.9. The Morgan fingerprint density at radius 1 is 1.58 bits per heavy atom. The molecule has 3 rings (SSSR count). The fourth-order valence-electron chi connectivity index (χ4n) is 2.35. The molecule has 7 nitrogen and oxygen atoms in total. The molecule has 0 spiro atoms. The molecule has 7 heteroatoms. The van der Waals surface area contributed by atoms with Gasteiger partial charge in [-0.25, -0.2) is 4.79 Å². The lowest BCUT2D eigenvalue weighted by Crippen LogP contribution is -2.29. The van der Waals surface area contributed by atoms with Gasteiger partial charge in [-0.2, -0.15) is 4.98 Å². The molecule has 0 radical (unpaired) electrons. The highest BCUT2D eigenvalue weighted by atomic mass is 16.5. The topological polar surface area (TPSA) is 96.6 Å². The van der Waals surface area contributed by atoms with Gasteiger partial charge in [0.05, 0.1) is 12.7 Å². The Bertz CT molecular complexity index is 569. The molecule has 3 atom stereocenters. The van der Waals surface area contributed by atoms with Crippen LogP contribution in [0.4, 0.5) is 5.82 Å². The van der Waals surface area contributed by atoms with Gasteiger partial charge in [0.25, 0.3) is 0 Å². The minimum atomic E-state index is -0.772.